The van der Waals surface area contributed by atoms with Crippen LogP contribution >= 0.6 is 0 Å². The first kappa shape index (κ1) is 17.8. The molecule has 1 aliphatic carbocycles. The molecule has 1 aliphatic rings. The van der Waals surface area contributed by atoms with Crippen LogP contribution in [-0.4, -0.2) is 36.2 Å². The molecule has 1 aromatic carbocycles. The van der Waals surface area contributed by atoms with Gasteiger partial charge in [-0.2, -0.15) is 5.10 Å². The monoisotopic (exact) mass is 390 g/mol. The number of rotatable bonds is 7. The Balaban J connectivity index is 1.60. The number of ether oxygens (including phenoxy) is 1. The topological polar surface area (TPSA) is 99.2 Å². The van der Waals surface area contributed by atoms with Crippen LogP contribution in [0.5, 0.6) is 5.75 Å². The van der Waals surface area contributed by atoms with Crippen LogP contribution in [0, 0.1) is 11.8 Å². The summed E-state index contributed by atoms with van der Waals surface area (Å²) >= 11 is 0. The molecule has 2 aromatic heterocycles. The quantitative estimate of drug-likeness (QED) is 0.666. The van der Waals surface area contributed by atoms with Crippen LogP contribution in [0.2, 0.25) is 0 Å². The smallest absolute Gasteiger partial charge is 0.234 e. The van der Waals surface area contributed by atoms with Crippen molar-refractivity contribution in [2.24, 2.45) is 11.8 Å². The molecule has 8 nitrogen and oxygen atoms in total. The maximum atomic E-state index is 12.5. The molecule has 9 heteroatoms. The highest BCUT2D eigenvalue weighted by Gasteiger charge is 2.31. The lowest BCUT2D eigenvalue weighted by Gasteiger charge is -2.32. The fourth-order valence-electron chi connectivity index (χ4n) is 3.70. The Morgan fingerprint density at radius 3 is 2.85 bits per heavy atom. The average molecular weight is 390 g/mol. The summed E-state index contributed by atoms with van der Waals surface area (Å²) in [6.07, 6.45) is 5.46. The number of anilines is 1. The van der Waals surface area contributed by atoms with E-state index in [4.69, 9.17) is 9.26 Å². The Labute approximate surface area is 157 Å². The summed E-state index contributed by atoms with van der Waals surface area (Å²) in [5.41, 5.74) is 1.38. The first-order chi connectivity index (χ1) is 12.9. The fourth-order valence-corrected chi connectivity index (χ4v) is 5.11. The van der Waals surface area contributed by atoms with Gasteiger partial charge in [0.15, 0.2) is 11.4 Å². The molecule has 1 N–H and O–H groups in total. The molecule has 0 atom stereocenters. The van der Waals surface area contributed by atoms with Crippen LogP contribution in [-0.2, 0) is 16.6 Å². The van der Waals surface area contributed by atoms with E-state index in [1.54, 1.807) is 10.9 Å². The largest absolute Gasteiger partial charge is 0.496 e. The molecule has 2 heterocycles. The molecule has 1 fully saturated rings. The van der Waals surface area contributed by atoms with Crippen LogP contribution in [0.4, 0.5) is 5.82 Å². The van der Waals surface area contributed by atoms with Crippen molar-refractivity contribution in [1.29, 1.82) is 0 Å². The van der Waals surface area contributed by atoms with Crippen molar-refractivity contribution in [3.63, 3.8) is 0 Å². The van der Waals surface area contributed by atoms with Crippen molar-refractivity contribution in [3.8, 4) is 5.75 Å². The minimum absolute atomic E-state index is 0.103. The van der Waals surface area contributed by atoms with E-state index in [0.717, 1.165) is 18.4 Å². The van der Waals surface area contributed by atoms with Crippen molar-refractivity contribution in [2.45, 2.75) is 26.3 Å². The molecule has 0 amide bonds. The Morgan fingerprint density at radius 2 is 2.19 bits per heavy atom. The van der Waals surface area contributed by atoms with E-state index in [1.807, 2.05) is 24.4 Å². The summed E-state index contributed by atoms with van der Waals surface area (Å²) in [7, 11) is -1.96. The number of aromatic nitrogens is 3. The van der Waals surface area contributed by atoms with Gasteiger partial charge < -0.3 is 9.26 Å². The van der Waals surface area contributed by atoms with E-state index < -0.39 is 10.0 Å². The molecule has 0 unspecified atom stereocenters. The number of sulfonamides is 1. The van der Waals surface area contributed by atoms with Crippen molar-refractivity contribution < 1.29 is 17.7 Å². The van der Waals surface area contributed by atoms with Crippen molar-refractivity contribution in [1.82, 2.24) is 14.9 Å². The van der Waals surface area contributed by atoms with Crippen LogP contribution in [0.1, 0.15) is 25.3 Å². The van der Waals surface area contributed by atoms with Crippen molar-refractivity contribution in [2.75, 3.05) is 17.6 Å². The normalized spacial score (nSPS) is 19.8. The number of fused-ring (bicyclic) bond motifs is 1. The number of nitrogens with zero attached hydrogens (tertiary/aromatic N) is 3. The predicted octanol–water partition coefficient (Wildman–Crippen LogP) is 2.87. The molecule has 0 radical (unpaired) electrons. The second-order valence-electron chi connectivity index (χ2n) is 7.23. The Bertz CT molecular complexity index is 1040. The first-order valence-electron chi connectivity index (χ1n) is 8.87. The van der Waals surface area contributed by atoms with Gasteiger partial charge >= 0.3 is 0 Å². The third-order valence-corrected chi connectivity index (χ3v) is 6.31. The summed E-state index contributed by atoms with van der Waals surface area (Å²) in [6.45, 7) is 2.67. The van der Waals surface area contributed by atoms with Gasteiger partial charge in [-0.1, -0.05) is 12.1 Å². The third kappa shape index (κ3) is 3.78. The predicted molar refractivity (Wildman–Crippen MR) is 101 cm³/mol. The summed E-state index contributed by atoms with van der Waals surface area (Å²) in [5.74, 6) is 1.58. The maximum absolute atomic E-state index is 12.5. The van der Waals surface area contributed by atoms with Crippen LogP contribution in [0.25, 0.3) is 11.0 Å². The van der Waals surface area contributed by atoms with Gasteiger partial charge in [-0.15, -0.1) is 0 Å². The number of methoxy groups -OCH3 is 1. The fraction of sp³-hybridized carbons (Fsp3) is 0.444. The molecule has 0 saturated heterocycles. The van der Waals surface area contributed by atoms with Crippen LogP contribution in [0.3, 0.4) is 0 Å². The van der Waals surface area contributed by atoms with Gasteiger partial charge in [0.25, 0.3) is 0 Å². The highest BCUT2D eigenvalue weighted by Crippen LogP contribution is 2.36. The van der Waals surface area contributed by atoms with E-state index in [-0.39, 0.29) is 17.5 Å². The van der Waals surface area contributed by atoms with Gasteiger partial charge in [0.1, 0.15) is 11.1 Å². The van der Waals surface area contributed by atoms with Gasteiger partial charge in [-0.05, 0) is 48.4 Å². The minimum atomic E-state index is -3.50. The molecule has 0 bridgehead atoms. The zero-order valence-electron chi connectivity index (χ0n) is 15.3. The summed E-state index contributed by atoms with van der Waals surface area (Å²) < 4.78 is 40.1. The molecular weight excluding hydrogens is 368 g/mol. The van der Waals surface area contributed by atoms with E-state index in [0.29, 0.717) is 29.2 Å². The molecule has 4 rings (SSSR count). The zero-order chi connectivity index (χ0) is 19.0. The molecular formula is C18H22N4O4S. The number of hydrogen-bond acceptors (Lipinski definition) is 6. The van der Waals surface area contributed by atoms with Crippen molar-refractivity contribution in [3.05, 3.63) is 36.2 Å². The molecule has 144 valence electrons. The number of nitrogens with one attached hydrogen (secondary N) is 1. The summed E-state index contributed by atoms with van der Waals surface area (Å²) in [4.78, 5) is 0. The second kappa shape index (κ2) is 6.88. The van der Waals surface area contributed by atoms with Crippen LogP contribution < -0.4 is 9.46 Å². The van der Waals surface area contributed by atoms with E-state index in [2.05, 4.69) is 21.9 Å². The third-order valence-electron chi connectivity index (χ3n) is 4.90. The van der Waals surface area contributed by atoms with E-state index in [9.17, 15) is 8.42 Å². The van der Waals surface area contributed by atoms with Gasteiger partial charge in [-0.25, -0.2) is 8.42 Å². The van der Waals surface area contributed by atoms with Crippen LogP contribution in [0.15, 0.2) is 35.1 Å². The molecule has 0 spiro atoms. The van der Waals surface area contributed by atoms with Gasteiger partial charge in [-0.3, -0.25) is 9.40 Å². The summed E-state index contributed by atoms with van der Waals surface area (Å²) in [6, 6.07) is 5.50. The highest BCUT2D eigenvalue weighted by atomic mass is 32.2. The molecule has 0 aliphatic heterocycles. The first-order valence-corrected chi connectivity index (χ1v) is 10.5. The molecule has 3 aromatic rings. The van der Waals surface area contributed by atoms with Crippen molar-refractivity contribution >= 4 is 26.8 Å². The lowest BCUT2D eigenvalue weighted by atomic mass is 9.77. The Hall–Kier alpha value is -2.55. The molecule has 1 saturated carbocycles. The number of hydrogen-bond donors (Lipinski definition) is 1. The Morgan fingerprint density at radius 1 is 1.37 bits per heavy atom. The van der Waals surface area contributed by atoms with E-state index in [1.165, 1.54) is 7.11 Å². The maximum Gasteiger partial charge on any atom is 0.234 e. The highest BCUT2D eigenvalue weighted by molar-refractivity contribution is 7.92. The molecule has 27 heavy (non-hydrogen) atoms. The average Bonchev–Trinajstić information content (AvgIpc) is 3.22. The lowest BCUT2D eigenvalue weighted by molar-refractivity contribution is 0.235. The van der Waals surface area contributed by atoms with Gasteiger partial charge in [0, 0.05) is 12.4 Å². The van der Waals surface area contributed by atoms with Gasteiger partial charge in [0.2, 0.25) is 10.0 Å². The minimum Gasteiger partial charge on any atom is -0.496 e. The standard InChI is InChI=1S/C18H22N4O4S/c1-12-6-14(7-12)11-27(23,24)21-18-17-15(25-2)8-13(9-16(17)26-20-18)10-22-5-3-4-19-22/h3-5,8-9,12,14H,6-7,10-11H2,1-2H3,(H,20,21)/t12-,14+. The summed E-state index contributed by atoms with van der Waals surface area (Å²) in [5, 5.41) is 8.63. The SMILES string of the molecule is COc1cc(Cn2cccn2)cc2onc(NS(=O)(=O)C[C@H]3C[C@@H](C)C3)c12. The zero-order valence-corrected chi connectivity index (χ0v) is 16.1. The Kier molecular flexibility index (Phi) is 4.55. The number of benzene rings is 1. The second-order valence-corrected chi connectivity index (χ2v) is 9.00. The van der Waals surface area contributed by atoms with E-state index >= 15 is 0 Å². The van der Waals surface area contributed by atoms with Gasteiger partial charge in [0.05, 0.1) is 19.4 Å². The lowest BCUT2D eigenvalue weighted by Crippen LogP contribution is -2.31.